The first-order chi connectivity index (χ1) is 8.80. The fourth-order valence-electron chi connectivity index (χ4n) is 1.68. The lowest BCUT2D eigenvalue weighted by molar-refractivity contribution is 0.172. The minimum Gasteiger partial charge on any atom is -0.394 e. The summed E-state index contributed by atoms with van der Waals surface area (Å²) in [6.07, 6.45) is 0.913. The van der Waals surface area contributed by atoms with Gasteiger partial charge >= 0.3 is 0 Å². The average molecular weight is 354 g/mol. The van der Waals surface area contributed by atoms with Gasteiger partial charge < -0.3 is 5.11 Å². The predicted molar refractivity (Wildman–Crippen MR) is 74.8 cm³/mol. The molecule has 0 fully saturated rings. The molecule has 0 amide bonds. The van der Waals surface area contributed by atoms with Crippen LogP contribution >= 0.6 is 15.9 Å². The van der Waals surface area contributed by atoms with Crippen LogP contribution in [0.1, 0.15) is 26.7 Å². The van der Waals surface area contributed by atoms with E-state index in [1.165, 1.54) is 6.07 Å². The highest BCUT2D eigenvalue weighted by Gasteiger charge is 2.32. The van der Waals surface area contributed by atoms with Crippen molar-refractivity contribution in [1.82, 2.24) is 4.72 Å². The first-order valence-electron chi connectivity index (χ1n) is 5.90. The number of benzene rings is 1. The molecule has 0 saturated carbocycles. The molecule has 0 aromatic heterocycles. The Bertz CT molecular complexity index is 536. The maximum Gasteiger partial charge on any atom is 0.242 e. The van der Waals surface area contributed by atoms with Crippen LogP contribution in [0.15, 0.2) is 27.6 Å². The van der Waals surface area contributed by atoms with E-state index >= 15 is 0 Å². The highest BCUT2D eigenvalue weighted by molar-refractivity contribution is 9.10. The van der Waals surface area contributed by atoms with Crippen molar-refractivity contribution in [2.45, 2.75) is 37.1 Å². The van der Waals surface area contributed by atoms with Crippen molar-refractivity contribution in [3.63, 3.8) is 0 Å². The Balaban J connectivity index is 3.17. The number of nitrogens with one attached hydrogen (secondary N) is 1. The van der Waals surface area contributed by atoms with Crippen molar-refractivity contribution in [3.8, 4) is 0 Å². The number of sulfonamides is 1. The Labute approximate surface area is 121 Å². The molecule has 0 aliphatic heterocycles. The first-order valence-corrected chi connectivity index (χ1v) is 8.17. The Morgan fingerprint density at radius 2 is 1.95 bits per heavy atom. The number of rotatable bonds is 6. The van der Waals surface area contributed by atoms with Crippen LogP contribution in [-0.2, 0) is 10.0 Å². The molecule has 0 spiro atoms. The van der Waals surface area contributed by atoms with Crippen LogP contribution in [0, 0.1) is 5.82 Å². The maximum atomic E-state index is 13.0. The standard InChI is InChI=1S/C12H17BrFNO3S/c1-3-12(4-2,8-16)15-19(17,18)11-6-5-9(14)7-10(11)13/h5-7,15-16H,3-4,8H2,1-2H3. The van der Waals surface area contributed by atoms with Crippen molar-refractivity contribution in [1.29, 1.82) is 0 Å². The minimum atomic E-state index is -3.83. The highest BCUT2D eigenvalue weighted by Crippen LogP contribution is 2.25. The van der Waals surface area contributed by atoms with E-state index in [0.717, 1.165) is 12.1 Å². The van der Waals surface area contributed by atoms with Crippen LogP contribution < -0.4 is 4.72 Å². The largest absolute Gasteiger partial charge is 0.394 e. The van der Waals surface area contributed by atoms with Crippen LogP contribution in [0.5, 0.6) is 0 Å². The summed E-state index contributed by atoms with van der Waals surface area (Å²) >= 11 is 3.03. The molecule has 2 N–H and O–H groups in total. The van der Waals surface area contributed by atoms with E-state index in [-0.39, 0.29) is 16.0 Å². The summed E-state index contributed by atoms with van der Waals surface area (Å²) in [6, 6.07) is 3.36. The maximum absolute atomic E-state index is 13.0. The van der Waals surface area contributed by atoms with Crippen LogP contribution in [0.4, 0.5) is 4.39 Å². The molecule has 4 nitrogen and oxygen atoms in total. The highest BCUT2D eigenvalue weighted by atomic mass is 79.9. The third-order valence-corrected chi connectivity index (χ3v) is 5.75. The summed E-state index contributed by atoms with van der Waals surface area (Å²) in [4.78, 5) is -0.0476. The second-order valence-corrected chi connectivity index (χ2v) is 6.83. The predicted octanol–water partition coefficient (Wildman–Crippen LogP) is 2.42. The lowest BCUT2D eigenvalue weighted by Crippen LogP contribution is -2.50. The lowest BCUT2D eigenvalue weighted by atomic mass is 9.96. The molecule has 1 aromatic carbocycles. The van der Waals surface area contributed by atoms with Crippen LogP contribution in [0.2, 0.25) is 0 Å². The van der Waals surface area contributed by atoms with Crippen LogP contribution in [-0.4, -0.2) is 25.7 Å². The van der Waals surface area contributed by atoms with E-state index in [0.29, 0.717) is 12.8 Å². The van der Waals surface area contributed by atoms with Gasteiger partial charge in [0.05, 0.1) is 17.0 Å². The zero-order valence-corrected chi connectivity index (χ0v) is 13.2. The fraction of sp³-hybridized carbons (Fsp3) is 0.500. The molecule has 0 unspecified atom stereocenters. The Morgan fingerprint density at radius 1 is 1.37 bits per heavy atom. The summed E-state index contributed by atoms with van der Waals surface area (Å²) in [7, 11) is -3.83. The summed E-state index contributed by atoms with van der Waals surface area (Å²) < 4.78 is 40.2. The Morgan fingerprint density at radius 3 is 2.37 bits per heavy atom. The van der Waals surface area contributed by atoms with Crippen molar-refractivity contribution in [3.05, 3.63) is 28.5 Å². The third-order valence-electron chi connectivity index (χ3n) is 3.19. The van der Waals surface area contributed by atoms with Gasteiger partial charge in [-0.3, -0.25) is 0 Å². The number of aliphatic hydroxyl groups excluding tert-OH is 1. The van der Waals surface area contributed by atoms with Gasteiger partial charge in [0.15, 0.2) is 0 Å². The van der Waals surface area contributed by atoms with Gasteiger partial charge in [-0.05, 0) is 47.0 Å². The zero-order valence-electron chi connectivity index (χ0n) is 10.8. The monoisotopic (exact) mass is 353 g/mol. The molecule has 0 atom stereocenters. The normalized spacial score (nSPS) is 12.7. The number of halogens is 2. The topological polar surface area (TPSA) is 66.4 Å². The quantitative estimate of drug-likeness (QED) is 0.825. The molecule has 0 radical (unpaired) electrons. The van der Waals surface area contributed by atoms with Crippen molar-refractivity contribution < 1.29 is 17.9 Å². The molecule has 1 aromatic rings. The second-order valence-electron chi connectivity index (χ2n) is 4.33. The van der Waals surface area contributed by atoms with Gasteiger partial charge in [0.25, 0.3) is 0 Å². The van der Waals surface area contributed by atoms with E-state index in [2.05, 4.69) is 20.7 Å². The summed E-state index contributed by atoms with van der Waals surface area (Å²) in [5, 5.41) is 9.40. The van der Waals surface area contributed by atoms with Gasteiger partial charge in [-0.25, -0.2) is 17.5 Å². The molecule has 7 heteroatoms. The second kappa shape index (κ2) is 6.30. The van der Waals surface area contributed by atoms with Crippen LogP contribution in [0.3, 0.4) is 0 Å². The van der Waals surface area contributed by atoms with Gasteiger partial charge in [-0.1, -0.05) is 13.8 Å². The van der Waals surface area contributed by atoms with E-state index in [1.54, 1.807) is 13.8 Å². The molecule has 0 aliphatic carbocycles. The summed E-state index contributed by atoms with van der Waals surface area (Å²) in [6.45, 7) is 3.29. The van der Waals surface area contributed by atoms with E-state index < -0.39 is 21.4 Å². The van der Waals surface area contributed by atoms with Gasteiger partial charge in [0.2, 0.25) is 10.0 Å². The van der Waals surface area contributed by atoms with Crippen molar-refractivity contribution in [2.24, 2.45) is 0 Å². The molecular formula is C12H17BrFNO3S. The van der Waals surface area contributed by atoms with Gasteiger partial charge in [-0.15, -0.1) is 0 Å². The van der Waals surface area contributed by atoms with Gasteiger partial charge in [0.1, 0.15) is 5.82 Å². The first kappa shape index (κ1) is 16.6. The lowest BCUT2D eigenvalue weighted by Gasteiger charge is -2.30. The average Bonchev–Trinajstić information content (AvgIpc) is 2.35. The molecule has 0 saturated heterocycles. The molecule has 0 bridgehead atoms. The minimum absolute atomic E-state index is 0.0476. The molecule has 1 rings (SSSR count). The van der Waals surface area contributed by atoms with Gasteiger partial charge in [0, 0.05) is 4.47 Å². The van der Waals surface area contributed by atoms with Crippen molar-refractivity contribution in [2.75, 3.05) is 6.61 Å². The molecular weight excluding hydrogens is 337 g/mol. The van der Waals surface area contributed by atoms with Gasteiger partial charge in [-0.2, -0.15) is 0 Å². The molecule has 108 valence electrons. The molecule has 0 aliphatic rings. The Kier molecular flexibility index (Phi) is 5.49. The number of hydrogen-bond acceptors (Lipinski definition) is 3. The van der Waals surface area contributed by atoms with E-state index in [4.69, 9.17) is 0 Å². The zero-order chi connectivity index (χ0) is 14.7. The summed E-state index contributed by atoms with van der Waals surface area (Å²) in [5.74, 6) is -0.523. The Hall–Kier alpha value is -0.500. The van der Waals surface area contributed by atoms with E-state index in [9.17, 15) is 17.9 Å². The van der Waals surface area contributed by atoms with Crippen molar-refractivity contribution >= 4 is 26.0 Å². The summed E-state index contributed by atoms with van der Waals surface area (Å²) in [5.41, 5.74) is -0.896. The smallest absolute Gasteiger partial charge is 0.242 e. The van der Waals surface area contributed by atoms with Crippen LogP contribution in [0.25, 0.3) is 0 Å². The number of aliphatic hydroxyl groups is 1. The molecule has 19 heavy (non-hydrogen) atoms. The molecule has 0 heterocycles. The number of hydrogen-bond donors (Lipinski definition) is 2. The SMILES string of the molecule is CCC(CC)(CO)NS(=O)(=O)c1ccc(F)cc1Br. The third kappa shape index (κ3) is 3.75. The fourth-order valence-corrected chi connectivity index (χ4v) is 4.27. The van der Waals surface area contributed by atoms with E-state index in [1.807, 2.05) is 0 Å².